The van der Waals surface area contributed by atoms with Gasteiger partial charge in [0.25, 0.3) is 5.91 Å². The zero-order valence-electron chi connectivity index (χ0n) is 17.8. The Hall–Kier alpha value is -3.77. The number of aromatic nitrogens is 2. The van der Waals surface area contributed by atoms with Gasteiger partial charge in [-0.15, -0.1) is 0 Å². The highest BCUT2D eigenvalue weighted by Crippen LogP contribution is 2.31. The molecule has 0 aliphatic carbocycles. The topological polar surface area (TPSA) is 81.2 Å². The molecule has 32 heavy (non-hydrogen) atoms. The molecule has 1 amide bonds. The van der Waals surface area contributed by atoms with E-state index in [-0.39, 0.29) is 5.91 Å². The molecule has 1 N–H and O–H groups in total. The molecule has 4 aromatic rings. The largest absolute Gasteiger partial charge is 0.465 e. The van der Waals surface area contributed by atoms with Crippen LogP contribution < -0.4 is 5.32 Å². The van der Waals surface area contributed by atoms with Crippen LogP contribution >= 0.6 is 11.6 Å². The number of ether oxygens (including phenoxy) is 1. The van der Waals surface area contributed by atoms with E-state index in [2.05, 4.69) is 15.0 Å². The van der Waals surface area contributed by atoms with Gasteiger partial charge < -0.3 is 10.1 Å². The second kappa shape index (κ2) is 8.77. The van der Waals surface area contributed by atoms with Gasteiger partial charge in [-0.25, -0.2) is 14.8 Å². The van der Waals surface area contributed by atoms with Gasteiger partial charge in [0.1, 0.15) is 5.82 Å². The van der Waals surface area contributed by atoms with Crippen molar-refractivity contribution < 1.29 is 14.3 Å². The fourth-order valence-electron chi connectivity index (χ4n) is 3.57. The molecule has 0 atom stereocenters. The Labute approximate surface area is 190 Å². The number of amides is 1. The molecule has 2 aromatic heterocycles. The summed E-state index contributed by atoms with van der Waals surface area (Å²) in [6.07, 6.45) is 1.36. The number of hydrogen-bond acceptors (Lipinski definition) is 5. The van der Waals surface area contributed by atoms with Crippen molar-refractivity contribution in [1.82, 2.24) is 9.97 Å². The van der Waals surface area contributed by atoms with Crippen molar-refractivity contribution in [1.29, 1.82) is 0 Å². The number of halogens is 1. The highest BCUT2D eigenvalue weighted by Gasteiger charge is 2.18. The van der Waals surface area contributed by atoms with Crippen molar-refractivity contribution in [3.8, 4) is 11.3 Å². The molecule has 0 saturated heterocycles. The Bertz CT molecular complexity index is 1350. The number of fused-ring (bicyclic) bond motifs is 1. The molecule has 0 unspecified atom stereocenters. The van der Waals surface area contributed by atoms with Crippen molar-refractivity contribution in [2.75, 3.05) is 12.4 Å². The van der Waals surface area contributed by atoms with Gasteiger partial charge in [-0.3, -0.25) is 4.79 Å². The van der Waals surface area contributed by atoms with Gasteiger partial charge in [-0.2, -0.15) is 0 Å². The molecular formula is C25H20ClN3O3. The third-order valence-corrected chi connectivity index (χ3v) is 5.40. The van der Waals surface area contributed by atoms with Crippen LogP contribution in [0.5, 0.6) is 0 Å². The smallest absolute Gasteiger partial charge is 0.339 e. The maximum absolute atomic E-state index is 13.3. The highest BCUT2D eigenvalue weighted by atomic mass is 35.5. The summed E-state index contributed by atoms with van der Waals surface area (Å²) in [5, 5.41) is 4.09. The van der Waals surface area contributed by atoms with Crippen molar-refractivity contribution >= 4 is 40.2 Å². The lowest BCUT2D eigenvalue weighted by molar-refractivity contribution is 0.0600. The van der Waals surface area contributed by atoms with Gasteiger partial charge in [0.2, 0.25) is 0 Å². The number of aryl methyl sites for hydroxylation is 2. The minimum absolute atomic E-state index is 0.298. The van der Waals surface area contributed by atoms with E-state index in [1.54, 1.807) is 24.3 Å². The first-order chi connectivity index (χ1) is 15.4. The minimum atomic E-state index is -0.495. The lowest BCUT2D eigenvalue weighted by atomic mass is 9.99. The van der Waals surface area contributed by atoms with Crippen LogP contribution in [0.15, 0.2) is 60.8 Å². The van der Waals surface area contributed by atoms with Gasteiger partial charge in [-0.05, 0) is 49.7 Å². The molecule has 7 heteroatoms. The first kappa shape index (κ1) is 21.5. The van der Waals surface area contributed by atoms with Crippen LogP contribution in [-0.2, 0) is 4.74 Å². The van der Waals surface area contributed by atoms with Crippen LogP contribution in [-0.4, -0.2) is 29.0 Å². The van der Waals surface area contributed by atoms with Crippen molar-refractivity contribution in [2.45, 2.75) is 13.8 Å². The summed E-state index contributed by atoms with van der Waals surface area (Å²) < 4.78 is 4.68. The number of pyridine rings is 2. The third-order valence-electron chi connectivity index (χ3n) is 5.07. The van der Waals surface area contributed by atoms with Crippen LogP contribution in [0.2, 0.25) is 5.02 Å². The summed E-state index contributed by atoms with van der Waals surface area (Å²) in [6.45, 7) is 3.94. The summed E-state index contributed by atoms with van der Waals surface area (Å²) >= 11 is 6.40. The molecule has 0 radical (unpaired) electrons. The average Bonchev–Trinajstić information content (AvgIpc) is 2.79. The zero-order chi connectivity index (χ0) is 22.8. The van der Waals surface area contributed by atoms with Crippen molar-refractivity contribution in [3.05, 3.63) is 88.1 Å². The first-order valence-electron chi connectivity index (χ1n) is 9.90. The van der Waals surface area contributed by atoms with Gasteiger partial charge in [0, 0.05) is 22.2 Å². The monoisotopic (exact) mass is 445 g/mol. The SMILES string of the molecule is COC(=O)c1ccc(NC(=O)c2cc(-c3ccccc3Cl)nc3c(C)cc(C)cc23)nc1. The number of carbonyl (C=O) groups is 2. The number of esters is 1. The average molecular weight is 446 g/mol. The Kier molecular flexibility index (Phi) is 5.88. The maximum Gasteiger partial charge on any atom is 0.339 e. The van der Waals surface area contributed by atoms with E-state index in [1.807, 2.05) is 44.2 Å². The highest BCUT2D eigenvalue weighted by molar-refractivity contribution is 6.33. The van der Waals surface area contributed by atoms with Crippen LogP contribution in [0, 0.1) is 13.8 Å². The van der Waals surface area contributed by atoms with E-state index in [9.17, 15) is 9.59 Å². The number of carbonyl (C=O) groups excluding carboxylic acids is 2. The zero-order valence-corrected chi connectivity index (χ0v) is 18.5. The summed E-state index contributed by atoms with van der Waals surface area (Å²) in [7, 11) is 1.30. The van der Waals surface area contributed by atoms with Gasteiger partial charge in [0.05, 0.1) is 29.4 Å². The summed E-state index contributed by atoms with van der Waals surface area (Å²) in [6, 6.07) is 16.2. The second-order valence-corrected chi connectivity index (χ2v) is 7.80. The van der Waals surface area contributed by atoms with Gasteiger partial charge >= 0.3 is 5.97 Å². The molecule has 6 nitrogen and oxygen atoms in total. The molecule has 2 aromatic carbocycles. The molecule has 0 fully saturated rings. The van der Waals surface area contributed by atoms with E-state index in [0.29, 0.717) is 27.7 Å². The number of hydrogen-bond donors (Lipinski definition) is 1. The van der Waals surface area contributed by atoms with Crippen molar-refractivity contribution in [3.63, 3.8) is 0 Å². The Morgan fingerprint density at radius 1 is 1.03 bits per heavy atom. The molecule has 4 rings (SSSR count). The molecule has 0 bridgehead atoms. The molecular weight excluding hydrogens is 426 g/mol. The number of benzene rings is 2. The summed E-state index contributed by atoms with van der Waals surface area (Å²) in [4.78, 5) is 33.9. The van der Waals surface area contributed by atoms with E-state index >= 15 is 0 Å². The molecule has 160 valence electrons. The van der Waals surface area contributed by atoms with Crippen LogP contribution in [0.3, 0.4) is 0 Å². The first-order valence-corrected chi connectivity index (χ1v) is 10.3. The maximum atomic E-state index is 13.3. The standard InChI is InChI=1S/C25H20ClN3O3/c1-14-10-15(2)23-18(11-14)19(12-21(28-23)17-6-4-5-7-20(17)26)24(30)29-22-9-8-16(13-27-22)25(31)32-3/h4-13H,1-3H3,(H,27,29,30). The second-order valence-electron chi connectivity index (χ2n) is 7.39. The normalized spacial score (nSPS) is 10.8. The van der Waals surface area contributed by atoms with Crippen molar-refractivity contribution in [2.24, 2.45) is 0 Å². The minimum Gasteiger partial charge on any atom is -0.465 e. The number of methoxy groups -OCH3 is 1. The summed E-state index contributed by atoms with van der Waals surface area (Å²) in [5.74, 6) is -0.517. The van der Waals surface area contributed by atoms with E-state index in [4.69, 9.17) is 16.6 Å². The molecule has 0 saturated carbocycles. The number of anilines is 1. The molecule has 0 spiro atoms. The molecule has 0 aliphatic rings. The lowest BCUT2D eigenvalue weighted by Gasteiger charge is -2.13. The molecule has 0 aliphatic heterocycles. The van der Waals surface area contributed by atoms with Crippen LogP contribution in [0.25, 0.3) is 22.2 Å². The number of nitrogens with one attached hydrogen (secondary N) is 1. The Morgan fingerprint density at radius 2 is 1.81 bits per heavy atom. The fourth-order valence-corrected chi connectivity index (χ4v) is 3.80. The van der Waals surface area contributed by atoms with Gasteiger partial charge in [0.15, 0.2) is 0 Å². The molecule has 2 heterocycles. The Morgan fingerprint density at radius 3 is 2.50 bits per heavy atom. The third kappa shape index (κ3) is 4.18. The predicted molar refractivity (Wildman–Crippen MR) is 125 cm³/mol. The number of nitrogens with zero attached hydrogens (tertiary/aromatic N) is 2. The van der Waals surface area contributed by atoms with Crippen LogP contribution in [0.1, 0.15) is 31.8 Å². The Balaban J connectivity index is 1.80. The van der Waals surface area contributed by atoms with Gasteiger partial charge in [-0.1, -0.05) is 41.4 Å². The fraction of sp³-hybridized carbons (Fsp3) is 0.120. The summed E-state index contributed by atoms with van der Waals surface area (Å²) in [5.41, 5.74) is 4.81. The quantitative estimate of drug-likeness (QED) is 0.413. The number of rotatable bonds is 4. The van der Waals surface area contributed by atoms with Crippen LogP contribution in [0.4, 0.5) is 5.82 Å². The predicted octanol–water partition coefficient (Wildman–Crippen LogP) is 5.61. The van der Waals surface area contributed by atoms with E-state index in [1.165, 1.54) is 13.3 Å². The van der Waals surface area contributed by atoms with E-state index < -0.39 is 5.97 Å². The van der Waals surface area contributed by atoms with E-state index in [0.717, 1.165) is 27.6 Å². The lowest BCUT2D eigenvalue weighted by Crippen LogP contribution is -2.15.